The number of hydrogen-bond acceptors (Lipinski definition) is 8. The van der Waals surface area contributed by atoms with Crippen molar-refractivity contribution in [1.29, 1.82) is 0 Å². The van der Waals surface area contributed by atoms with Crippen LogP contribution < -0.4 is 5.32 Å². The van der Waals surface area contributed by atoms with Crippen molar-refractivity contribution in [3.8, 4) is 0 Å². The zero-order valence-corrected chi connectivity index (χ0v) is 51.1. The van der Waals surface area contributed by atoms with E-state index in [4.69, 9.17) is 9.47 Å². The van der Waals surface area contributed by atoms with Crippen LogP contribution in [0.3, 0.4) is 0 Å². The second kappa shape index (κ2) is 58.6. The summed E-state index contributed by atoms with van der Waals surface area (Å²) in [5.41, 5.74) is 0. The van der Waals surface area contributed by atoms with E-state index in [9.17, 15) is 30.3 Å². The summed E-state index contributed by atoms with van der Waals surface area (Å²) in [6.07, 6.45) is 76.6. The number of carbonyl (C=O) groups excluding carboxylic acids is 1. The number of amides is 1. The van der Waals surface area contributed by atoms with Crippen molar-refractivity contribution in [2.45, 2.75) is 339 Å². The van der Waals surface area contributed by atoms with E-state index in [1.807, 2.05) is 6.08 Å². The van der Waals surface area contributed by atoms with Crippen LogP contribution >= 0.6 is 0 Å². The topological polar surface area (TPSA) is 149 Å². The summed E-state index contributed by atoms with van der Waals surface area (Å²) >= 11 is 0. The molecular formula is C70H125NO8. The molecule has 1 heterocycles. The van der Waals surface area contributed by atoms with Gasteiger partial charge >= 0.3 is 0 Å². The first-order valence-corrected chi connectivity index (χ1v) is 33.3. The molecule has 0 aromatic rings. The fourth-order valence-electron chi connectivity index (χ4n) is 10.3. The Labute approximate surface area is 486 Å². The summed E-state index contributed by atoms with van der Waals surface area (Å²) in [4.78, 5) is 13.1. The number of aliphatic hydroxyl groups is 5. The van der Waals surface area contributed by atoms with Crippen LogP contribution in [0.1, 0.15) is 296 Å². The van der Waals surface area contributed by atoms with Gasteiger partial charge in [-0.2, -0.15) is 0 Å². The molecule has 9 heteroatoms. The number of rotatable bonds is 57. The molecule has 7 atom stereocenters. The smallest absolute Gasteiger partial charge is 0.220 e. The Bertz CT molecular complexity index is 1520. The summed E-state index contributed by atoms with van der Waals surface area (Å²) in [6.45, 7) is 3.69. The predicted molar refractivity (Wildman–Crippen MR) is 336 cm³/mol. The molecule has 6 N–H and O–H groups in total. The number of carbonyl (C=O) groups is 1. The van der Waals surface area contributed by atoms with Crippen LogP contribution in [0, 0.1) is 0 Å². The Hall–Kier alpha value is -2.63. The van der Waals surface area contributed by atoms with E-state index in [2.05, 4.69) is 92.1 Å². The third-order valence-corrected chi connectivity index (χ3v) is 15.5. The molecule has 0 spiro atoms. The van der Waals surface area contributed by atoms with Crippen molar-refractivity contribution in [3.63, 3.8) is 0 Å². The molecule has 9 nitrogen and oxygen atoms in total. The van der Waals surface area contributed by atoms with Crippen LogP contribution in [0.15, 0.2) is 85.1 Å². The average molecular weight is 1110 g/mol. The van der Waals surface area contributed by atoms with Gasteiger partial charge in [-0.25, -0.2) is 0 Å². The molecule has 0 aromatic heterocycles. The Morgan fingerprint density at radius 1 is 0.443 bits per heavy atom. The number of hydrogen-bond donors (Lipinski definition) is 6. The minimum Gasteiger partial charge on any atom is -0.394 e. The Morgan fingerprint density at radius 2 is 0.785 bits per heavy atom. The zero-order valence-electron chi connectivity index (χ0n) is 51.1. The first-order chi connectivity index (χ1) is 38.8. The fraction of sp³-hybridized carbons (Fsp3) is 0.786. The molecule has 0 aliphatic carbocycles. The largest absolute Gasteiger partial charge is 0.394 e. The van der Waals surface area contributed by atoms with Gasteiger partial charge in [-0.15, -0.1) is 0 Å². The van der Waals surface area contributed by atoms with Gasteiger partial charge in [-0.1, -0.05) is 304 Å². The quantitative estimate of drug-likeness (QED) is 0.0261. The number of aliphatic hydroxyl groups excluding tert-OH is 5. The fourth-order valence-corrected chi connectivity index (χ4v) is 10.3. The summed E-state index contributed by atoms with van der Waals surface area (Å²) < 4.78 is 11.3. The molecule has 0 aromatic carbocycles. The third-order valence-electron chi connectivity index (χ3n) is 15.5. The Balaban J connectivity index is 2.17. The zero-order chi connectivity index (χ0) is 57.2. The molecule has 1 amide bonds. The molecule has 0 bridgehead atoms. The van der Waals surface area contributed by atoms with Crippen LogP contribution in [-0.2, 0) is 14.3 Å². The van der Waals surface area contributed by atoms with Gasteiger partial charge in [0.1, 0.15) is 24.4 Å². The van der Waals surface area contributed by atoms with E-state index >= 15 is 0 Å². The van der Waals surface area contributed by atoms with Crippen LogP contribution in [0.4, 0.5) is 0 Å². The van der Waals surface area contributed by atoms with E-state index in [0.717, 1.165) is 77.0 Å². The van der Waals surface area contributed by atoms with Gasteiger partial charge in [0.15, 0.2) is 6.29 Å². The first-order valence-electron chi connectivity index (χ1n) is 33.3. The molecule has 0 saturated carbocycles. The van der Waals surface area contributed by atoms with Crippen LogP contribution in [0.5, 0.6) is 0 Å². The highest BCUT2D eigenvalue weighted by Crippen LogP contribution is 2.23. The molecule has 1 aliphatic heterocycles. The van der Waals surface area contributed by atoms with E-state index in [-0.39, 0.29) is 12.5 Å². The summed E-state index contributed by atoms with van der Waals surface area (Å²) in [6, 6.07) is -0.812. The molecule has 0 radical (unpaired) electrons. The lowest BCUT2D eigenvalue weighted by Crippen LogP contribution is -2.60. The lowest BCUT2D eigenvalue weighted by Gasteiger charge is -2.40. The van der Waals surface area contributed by atoms with E-state index < -0.39 is 49.5 Å². The SMILES string of the molecule is CC/C=C\C/C=C\C/C=C\C/C=C\C/C=C\C/C=C\CCCCCCCCCCCCCCC(=O)NC(COC1OC(CO)C(O)C(O)C1O)C(O)/C=C/CCCCCCCCCCCCCCCCCCCCCCCCC. The lowest BCUT2D eigenvalue weighted by atomic mass is 9.99. The van der Waals surface area contributed by atoms with Crippen molar-refractivity contribution in [2.75, 3.05) is 13.2 Å². The summed E-state index contributed by atoms with van der Waals surface area (Å²) in [5.74, 6) is -0.179. The summed E-state index contributed by atoms with van der Waals surface area (Å²) in [5, 5.41) is 54.7. The molecule has 1 aliphatic rings. The Morgan fingerprint density at radius 3 is 1.16 bits per heavy atom. The molecule has 7 unspecified atom stereocenters. The van der Waals surface area contributed by atoms with Gasteiger partial charge in [-0.3, -0.25) is 4.79 Å². The monoisotopic (exact) mass is 1110 g/mol. The van der Waals surface area contributed by atoms with Gasteiger partial charge in [0.2, 0.25) is 5.91 Å². The number of allylic oxidation sites excluding steroid dienone is 13. The van der Waals surface area contributed by atoms with Crippen LogP contribution in [0.25, 0.3) is 0 Å². The lowest BCUT2D eigenvalue weighted by molar-refractivity contribution is -0.302. The third kappa shape index (κ3) is 47.6. The maximum absolute atomic E-state index is 13.1. The highest BCUT2D eigenvalue weighted by Gasteiger charge is 2.44. The minimum atomic E-state index is -1.57. The van der Waals surface area contributed by atoms with Crippen LogP contribution in [-0.4, -0.2) is 87.5 Å². The van der Waals surface area contributed by atoms with Gasteiger partial charge in [0, 0.05) is 6.42 Å². The maximum atomic E-state index is 13.1. The second-order valence-electron chi connectivity index (χ2n) is 22.9. The standard InChI is InChI=1S/C70H125NO8/c1-3-5-7-9-11-13-15-17-19-21-23-25-27-29-30-31-32-33-34-36-38-40-42-44-46-48-50-52-54-56-58-60-66(74)71-63(62-78-70-69(77)68(76)67(75)65(61-72)79-70)64(73)59-57-55-53-51-49-47-45-43-41-39-37-35-28-26-24-22-20-18-16-14-12-10-8-6-4-2/h5,7,11,13,17,19,23,25,29-30,32-33,57,59,63-65,67-70,72-73,75-77H,3-4,6,8-10,12,14-16,18,20-22,24,26-28,31,34-56,58,60-62H2,1-2H3,(H,71,74)/b7-5-,13-11-,19-17-,25-23-,30-29-,33-32-,59-57+. The van der Waals surface area contributed by atoms with Gasteiger partial charge in [0.05, 0.1) is 25.4 Å². The van der Waals surface area contributed by atoms with Crippen molar-refractivity contribution in [1.82, 2.24) is 5.32 Å². The predicted octanol–water partition coefficient (Wildman–Crippen LogP) is 17.7. The van der Waals surface area contributed by atoms with Crippen molar-refractivity contribution < 1.29 is 39.8 Å². The van der Waals surface area contributed by atoms with E-state index in [0.29, 0.717) is 6.42 Å². The van der Waals surface area contributed by atoms with Crippen molar-refractivity contribution in [2.24, 2.45) is 0 Å². The highest BCUT2D eigenvalue weighted by molar-refractivity contribution is 5.76. The van der Waals surface area contributed by atoms with Crippen molar-refractivity contribution >= 4 is 5.91 Å². The first kappa shape index (κ1) is 74.4. The maximum Gasteiger partial charge on any atom is 0.220 e. The Kier molecular flexibility index (Phi) is 55.1. The van der Waals surface area contributed by atoms with Crippen LogP contribution in [0.2, 0.25) is 0 Å². The molecule has 79 heavy (non-hydrogen) atoms. The molecule has 1 saturated heterocycles. The normalized spacial score (nSPS) is 19.1. The average Bonchev–Trinajstić information content (AvgIpc) is 3.47. The molecule has 1 rings (SSSR count). The van der Waals surface area contributed by atoms with Gasteiger partial charge in [-0.05, 0) is 70.6 Å². The molecule has 1 fully saturated rings. The second-order valence-corrected chi connectivity index (χ2v) is 22.9. The van der Waals surface area contributed by atoms with E-state index in [1.165, 1.54) is 199 Å². The van der Waals surface area contributed by atoms with Gasteiger partial charge in [0.25, 0.3) is 0 Å². The number of ether oxygens (including phenoxy) is 2. The molecular weight excluding hydrogens is 983 g/mol. The number of nitrogens with one attached hydrogen (secondary N) is 1. The molecule has 458 valence electrons. The van der Waals surface area contributed by atoms with E-state index in [1.54, 1.807) is 6.08 Å². The summed E-state index contributed by atoms with van der Waals surface area (Å²) in [7, 11) is 0. The highest BCUT2D eigenvalue weighted by atomic mass is 16.7. The minimum absolute atomic E-state index is 0.179. The number of unbranched alkanes of at least 4 members (excludes halogenated alkanes) is 35. The van der Waals surface area contributed by atoms with Gasteiger partial charge < -0.3 is 40.3 Å². The van der Waals surface area contributed by atoms with Crippen molar-refractivity contribution in [3.05, 3.63) is 85.1 Å².